The molecule has 2 amide bonds. The van der Waals surface area contributed by atoms with Crippen LogP contribution in [0.1, 0.15) is 12.8 Å². The zero-order valence-electron chi connectivity index (χ0n) is 9.46. The first-order valence-corrected chi connectivity index (χ1v) is 5.71. The van der Waals surface area contributed by atoms with Gasteiger partial charge in [0, 0.05) is 12.6 Å². The van der Waals surface area contributed by atoms with Crippen LogP contribution in [0.4, 0.5) is 4.79 Å². The van der Waals surface area contributed by atoms with Gasteiger partial charge >= 0.3 is 12.0 Å². The first-order chi connectivity index (χ1) is 8.16. The molecule has 2 aliphatic rings. The molecule has 0 spiro atoms. The molecule has 0 saturated carbocycles. The summed E-state index contributed by atoms with van der Waals surface area (Å²) >= 11 is 0. The van der Waals surface area contributed by atoms with Crippen LogP contribution in [0.2, 0.25) is 0 Å². The minimum absolute atomic E-state index is 0.112. The van der Waals surface area contributed by atoms with Crippen molar-refractivity contribution in [3.63, 3.8) is 0 Å². The van der Waals surface area contributed by atoms with Gasteiger partial charge < -0.3 is 20.1 Å². The highest BCUT2D eigenvalue weighted by molar-refractivity contribution is 5.77. The van der Waals surface area contributed by atoms with E-state index in [1.54, 1.807) is 0 Å². The SMILES string of the molecule is O=C(O)C1CN(C(=O)NC2CC=CC2)CCO1. The Labute approximate surface area is 99.2 Å². The van der Waals surface area contributed by atoms with Crippen LogP contribution in [0.25, 0.3) is 0 Å². The molecule has 6 heteroatoms. The molecular formula is C11H16N2O4. The van der Waals surface area contributed by atoms with Crippen LogP contribution in [0.15, 0.2) is 12.2 Å². The number of aliphatic carboxylic acids is 1. The van der Waals surface area contributed by atoms with Gasteiger partial charge in [-0.15, -0.1) is 0 Å². The number of carbonyl (C=O) groups is 2. The Morgan fingerprint density at radius 3 is 2.71 bits per heavy atom. The van der Waals surface area contributed by atoms with Crippen molar-refractivity contribution >= 4 is 12.0 Å². The van der Waals surface area contributed by atoms with E-state index in [1.807, 2.05) is 12.2 Å². The standard InChI is InChI=1S/C11H16N2O4/c14-10(15)9-7-13(5-6-17-9)11(16)12-8-3-1-2-4-8/h1-2,8-9H,3-7H2,(H,12,16)(H,14,15). The molecule has 0 radical (unpaired) electrons. The summed E-state index contributed by atoms with van der Waals surface area (Å²) in [5.74, 6) is -1.02. The molecular weight excluding hydrogens is 224 g/mol. The van der Waals surface area contributed by atoms with E-state index in [4.69, 9.17) is 9.84 Å². The molecule has 1 aliphatic heterocycles. The maximum absolute atomic E-state index is 11.9. The van der Waals surface area contributed by atoms with Crippen LogP contribution in [0, 0.1) is 0 Å². The fourth-order valence-electron chi connectivity index (χ4n) is 1.98. The predicted octanol–water partition coefficient (Wildman–Crippen LogP) is 0.200. The molecule has 1 atom stereocenters. The van der Waals surface area contributed by atoms with Crippen molar-refractivity contribution in [1.29, 1.82) is 0 Å². The lowest BCUT2D eigenvalue weighted by molar-refractivity contribution is -0.154. The van der Waals surface area contributed by atoms with Gasteiger partial charge in [-0.05, 0) is 12.8 Å². The van der Waals surface area contributed by atoms with E-state index in [9.17, 15) is 9.59 Å². The molecule has 0 aromatic heterocycles. The van der Waals surface area contributed by atoms with Gasteiger partial charge in [0.05, 0.1) is 13.2 Å². The molecule has 0 aromatic rings. The molecule has 1 saturated heterocycles. The lowest BCUT2D eigenvalue weighted by Crippen LogP contribution is -2.53. The Balaban J connectivity index is 1.84. The monoisotopic (exact) mass is 240 g/mol. The number of hydrogen-bond acceptors (Lipinski definition) is 3. The van der Waals surface area contributed by atoms with Crippen molar-refractivity contribution in [2.45, 2.75) is 25.0 Å². The molecule has 0 bridgehead atoms. The fraction of sp³-hybridized carbons (Fsp3) is 0.636. The van der Waals surface area contributed by atoms with E-state index in [1.165, 1.54) is 4.90 Å². The zero-order valence-corrected chi connectivity index (χ0v) is 9.46. The first-order valence-electron chi connectivity index (χ1n) is 5.71. The molecule has 17 heavy (non-hydrogen) atoms. The number of carboxylic acid groups (broad SMARTS) is 1. The Bertz CT molecular complexity index is 334. The summed E-state index contributed by atoms with van der Waals surface area (Å²) in [6.45, 7) is 0.824. The third kappa shape index (κ3) is 2.97. The van der Waals surface area contributed by atoms with Gasteiger partial charge in [-0.1, -0.05) is 12.2 Å². The Kier molecular flexibility index (Phi) is 3.63. The minimum atomic E-state index is -1.02. The number of urea groups is 1. The van der Waals surface area contributed by atoms with Crippen LogP contribution < -0.4 is 5.32 Å². The molecule has 1 aliphatic carbocycles. The highest BCUT2D eigenvalue weighted by Crippen LogP contribution is 2.11. The Morgan fingerprint density at radius 1 is 1.35 bits per heavy atom. The zero-order chi connectivity index (χ0) is 12.3. The average Bonchev–Trinajstić information content (AvgIpc) is 2.82. The van der Waals surface area contributed by atoms with Gasteiger partial charge in [-0.2, -0.15) is 0 Å². The third-order valence-electron chi connectivity index (χ3n) is 2.96. The minimum Gasteiger partial charge on any atom is -0.479 e. The summed E-state index contributed by atoms with van der Waals surface area (Å²) in [6.07, 6.45) is 4.85. The second-order valence-corrected chi connectivity index (χ2v) is 4.23. The summed E-state index contributed by atoms with van der Waals surface area (Å²) in [5, 5.41) is 11.7. The number of amides is 2. The van der Waals surface area contributed by atoms with Crippen molar-refractivity contribution in [1.82, 2.24) is 10.2 Å². The predicted molar refractivity (Wildman–Crippen MR) is 59.6 cm³/mol. The van der Waals surface area contributed by atoms with E-state index in [0.717, 1.165) is 12.8 Å². The normalized spacial score (nSPS) is 24.9. The molecule has 2 N–H and O–H groups in total. The van der Waals surface area contributed by atoms with Crippen molar-refractivity contribution in [3.05, 3.63) is 12.2 Å². The maximum atomic E-state index is 11.9. The molecule has 1 fully saturated rings. The number of nitrogens with zero attached hydrogens (tertiary/aromatic N) is 1. The molecule has 1 unspecified atom stereocenters. The van der Waals surface area contributed by atoms with Gasteiger partial charge in [0.1, 0.15) is 0 Å². The second kappa shape index (κ2) is 5.18. The van der Waals surface area contributed by atoms with E-state index in [-0.39, 0.29) is 25.2 Å². The van der Waals surface area contributed by atoms with E-state index < -0.39 is 12.1 Å². The lowest BCUT2D eigenvalue weighted by Gasteiger charge is -2.31. The number of morpholine rings is 1. The van der Waals surface area contributed by atoms with Gasteiger partial charge in [0.2, 0.25) is 0 Å². The van der Waals surface area contributed by atoms with E-state index in [0.29, 0.717) is 6.54 Å². The third-order valence-corrected chi connectivity index (χ3v) is 2.96. The summed E-state index contributed by atoms with van der Waals surface area (Å²) in [6, 6.07) is -0.0538. The van der Waals surface area contributed by atoms with Gasteiger partial charge in [0.15, 0.2) is 6.10 Å². The second-order valence-electron chi connectivity index (χ2n) is 4.23. The van der Waals surface area contributed by atoms with Crippen LogP contribution in [0.3, 0.4) is 0 Å². The van der Waals surface area contributed by atoms with E-state index in [2.05, 4.69) is 5.32 Å². The molecule has 94 valence electrons. The van der Waals surface area contributed by atoms with Crippen molar-refractivity contribution in [2.24, 2.45) is 0 Å². The Hall–Kier alpha value is -1.56. The lowest BCUT2D eigenvalue weighted by atomic mass is 10.2. The topological polar surface area (TPSA) is 78.9 Å². The van der Waals surface area contributed by atoms with Crippen LogP contribution in [-0.4, -0.2) is 53.8 Å². The van der Waals surface area contributed by atoms with Crippen molar-refractivity contribution in [2.75, 3.05) is 19.7 Å². The number of rotatable bonds is 2. The maximum Gasteiger partial charge on any atom is 0.334 e. The van der Waals surface area contributed by atoms with Crippen molar-refractivity contribution in [3.8, 4) is 0 Å². The number of ether oxygens (including phenoxy) is 1. The Morgan fingerprint density at radius 2 is 2.06 bits per heavy atom. The van der Waals surface area contributed by atoms with Crippen LogP contribution in [-0.2, 0) is 9.53 Å². The first kappa shape index (κ1) is 11.9. The number of carboxylic acids is 1. The number of hydrogen-bond donors (Lipinski definition) is 2. The smallest absolute Gasteiger partial charge is 0.334 e. The summed E-state index contributed by atoms with van der Waals surface area (Å²) < 4.78 is 5.06. The summed E-state index contributed by atoms with van der Waals surface area (Å²) in [7, 11) is 0. The molecule has 2 rings (SSSR count). The van der Waals surface area contributed by atoms with Gasteiger partial charge in [0.25, 0.3) is 0 Å². The summed E-state index contributed by atoms with van der Waals surface area (Å²) in [4.78, 5) is 24.1. The number of nitrogens with one attached hydrogen (secondary N) is 1. The van der Waals surface area contributed by atoms with E-state index >= 15 is 0 Å². The molecule has 1 heterocycles. The largest absolute Gasteiger partial charge is 0.479 e. The van der Waals surface area contributed by atoms with Crippen LogP contribution in [0.5, 0.6) is 0 Å². The molecule has 6 nitrogen and oxygen atoms in total. The average molecular weight is 240 g/mol. The number of carbonyl (C=O) groups excluding carboxylic acids is 1. The summed E-state index contributed by atoms with van der Waals surface area (Å²) in [5.41, 5.74) is 0. The molecule has 0 aromatic carbocycles. The highest BCUT2D eigenvalue weighted by atomic mass is 16.5. The van der Waals surface area contributed by atoms with Gasteiger partial charge in [-0.3, -0.25) is 0 Å². The quantitative estimate of drug-likeness (QED) is 0.676. The van der Waals surface area contributed by atoms with Crippen LogP contribution >= 0.6 is 0 Å². The van der Waals surface area contributed by atoms with Gasteiger partial charge in [-0.25, -0.2) is 9.59 Å². The van der Waals surface area contributed by atoms with Crippen molar-refractivity contribution < 1.29 is 19.4 Å². The fourth-order valence-corrected chi connectivity index (χ4v) is 1.98. The highest BCUT2D eigenvalue weighted by Gasteiger charge is 2.29.